The topological polar surface area (TPSA) is 93.2 Å². The van der Waals surface area contributed by atoms with Crippen LogP contribution in [0.2, 0.25) is 0 Å². The molecule has 0 saturated heterocycles. The zero-order valence-electron chi connectivity index (χ0n) is 20.6. The fourth-order valence-electron chi connectivity index (χ4n) is 3.40. The molecule has 3 aromatic rings. The lowest BCUT2D eigenvalue weighted by Crippen LogP contribution is -2.37. The van der Waals surface area contributed by atoms with Crippen molar-refractivity contribution in [3.05, 3.63) is 96.1 Å². The first-order valence-electron chi connectivity index (χ1n) is 11.4. The van der Waals surface area contributed by atoms with Crippen LogP contribution in [0, 0.1) is 0 Å². The van der Waals surface area contributed by atoms with Gasteiger partial charge in [0.05, 0.1) is 11.1 Å². The van der Waals surface area contributed by atoms with Gasteiger partial charge in [-0.3, -0.25) is 9.59 Å². The zero-order chi connectivity index (χ0) is 26.2. The van der Waals surface area contributed by atoms with Gasteiger partial charge in [-0.25, -0.2) is 9.59 Å². The third-order valence-corrected chi connectivity index (χ3v) is 5.57. The first-order valence-corrected chi connectivity index (χ1v) is 11.4. The quantitative estimate of drug-likeness (QED) is 0.443. The Balaban J connectivity index is 1.56. The SMILES string of the molecule is CC(OC(=O)c1ccc(C(=O)OC(C)C(=O)N(C)c2ccccc2)cc1)C(=O)N(C)c1ccccc1. The maximum atomic E-state index is 12.6. The van der Waals surface area contributed by atoms with Crippen LogP contribution >= 0.6 is 0 Å². The molecule has 0 spiro atoms. The molecule has 0 heterocycles. The Morgan fingerprint density at radius 1 is 0.556 bits per heavy atom. The average molecular weight is 489 g/mol. The number of para-hydroxylation sites is 2. The minimum Gasteiger partial charge on any atom is -0.449 e. The highest BCUT2D eigenvalue weighted by molar-refractivity contribution is 6.00. The Bertz CT molecular complexity index is 1120. The Hall–Kier alpha value is -4.46. The lowest BCUT2D eigenvalue weighted by Gasteiger charge is -2.22. The fourth-order valence-corrected chi connectivity index (χ4v) is 3.40. The van der Waals surface area contributed by atoms with E-state index < -0.39 is 24.1 Å². The van der Waals surface area contributed by atoms with Gasteiger partial charge in [-0.05, 0) is 62.4 Å². The Morgan fingerprint density at radius 3 is 1.17 bits per heavy atom. The second-order valence-electron chi connectivity index (χ2n) is 8.14. The number of hydrogen-bond acceptors (Lipinski definition) is 6. The minimum absolute atomic E-state index is 0.168. The summed E-state index contributed by atoms with van der Waals surface area (Å²) in [5.74, 6) is -2.17. The van der Waals surface area contributed by atoms with E-state index in [2.05, 4.69) is 0 Å². The number of likely N-dealkylation sites (N-methyl/N-ethyl adjacent to an activating group) is 2. The molecule has 0 aliphatic rings. The van der Waals surface area contributed by atoms with Crippen molar-refractivity contribution in [2.24, 2.45) is 0 Å². The number of anilines is 2. The number of carbonyl (C=O) groups is 4. The van der Waals surface area contributed by atoms with E-state index in [1.165, 1.54) is 47.9 Å². The van der Waals surface area contributed by atoms with Crippen molar-refractivity contribution in [3.8, 4) is 0 Å². The van der Waals surface area contributed by atoms with Crippen molar-refractivity contribution in [1.29, 1.82) is 0 Å². The van der Waals surface area contributed by atoms with Gasteiger partial charge in [-0.1, -0.05) is 36.4 Å². The molecule has 0 N–H and O–H groups in total. The molecule has 2 atom stereocenters. The van der Waals surface area contributed by atoms with Crippen molar-refractivity contribution in [1.82, 2.24) is 0 Å². The Morgan fingerprint density at radius 2 is 0.861 bits per heavy atom. The summed E-state index contributed by atoms with van der Waals surface area (Å²) in [6, 6.07) is 23.6. The van der Waals surface area contributed by atoms with Crippen LogP contribution in [-0.4, -0.2) is 50.1 Å². The molecule has 36 heavy (non-hydrogen) atoms. The monoisotopic (exact) mass is 488 g/mol. The van der Waals surface area contributed by atoms with Gasteiger partial charge in [0.15, 0.2) is 12.2 Å². The van der Waals surface area contributed by atoms with Crippen LogP contribution in [0.4, 0.5) is 11.4 Å². The molecule has 0 aromatic heterocycles. The standard InChI is InChI=1S/C28H28N2O6/c1-19(25(31)29(3)23-11-7-5-8-12-23)35-27(33)21-15-17-22(18-16-21)28(34)36-20(2)26(32)30(4)24-13-9-6-10-14-24/h5-20H,1-4H3. The molecule has 2 amide bonds. The van der Waals surface area contributed by atoms with Gasteiger partial charge in [0.1, 0.15) is 0 Å². The summed E-state index contributed by atoms with van der Waals surface area (Å²) in [4.78, 5) is 53.1. The molecule has 8 nitrogen and oxygen atoms in total. The van der Waals surface area contributed by atoms with Gasteiger partial charge in [0.2, 0.25) is 0 Å². The number of nitrogens with zero attached hydrogens (tertiary/aromatic N) is 2. The molecule has 0 saturated carbocycles. The van der Waals surface area contributed by atoms with Crippen molar-refractivity contribution in [2.45, 2.75) is 26.1 Å². The number of rotatable bonds is 8. The van der Waals surface area contributed by atoms with Crippen LogP contribution in [0.3, 0.4) is 0 Å². The molecule has 2 unspecified atom stereocenters. The third kappa shape index (κ3) is 6.35. The second kappa shape index (κ2) is 11.8. The average Bonchev–Trinajstić information content (AvgIpc) is 2.92. The van der Waals surface area contributed by atoms with Gasteiger partial charge in [-0.15, -0.1) is 0 Å². The highest BCUT2D eigenvalue weighted by Crippen LogP contribution is 2.16. The van der Waals surface area contributed by atoms with Crippen molar-refractivity contribution >= 4 is 35.1 Å². The van der Waals surface area contributed by atoms with Gasteiger partial charge >= 0.3 is 11.9 Å². The summed E-state index contributed by atoms with van der Waals surface area (Å²) in [7, 11) is 3.21. The highest BCUT2D eigenvalue weighted by atomic mass is 16.6. The van der Waals surface area contributed by atoms with Gasteiger partial charge in [0.25, 0.3) is 11.8 Å². The number of amides is 2. The maximum Gasteiger partial charge on any atom is 0.338 e. The second-order valence-corrected chi connectivity index (χ2v) is 8.14. The smallest absolute Gasteiger partial charge is 0.338 e. The molecule has 3 rings (SSSR count). The molecule has 0 radical (unpaired) electrons. The fraction of sp³-hybridized carbons (Fsp3) is 0.214. The van der Waals surface area contributed by atoms with Crippen LogP contribution in [0.1, 0.15) is 34.6 Å². The van der Waals surface area contributed by atoms with Gasteiger partial charge in [0, 0.05) is 25.5 Å². The molecule has 0 aliphatic heterocycles. The van der Waals surface area contributed by atoms with Crippen molar-refractivity contribution < 1.29 is 28.7 Å². The van der Waals surface area contributed by atoms with E-state index in [0.29, 0.717) is 11.4 Å². The predicted molar refractivity (Wildman–Crippen MR) is 136 cm³/mol. The number of carbonyl (C=O) groups excluding carboxylic acids is 4. The van der Waals surface area contributed by atoms with Gasteiger partial charge in [-0.2, -0.15) is 0 Å². The molecular weight excluding hydrogens is 460 g/mol. The van der Waals surface area contributed by atoms with Crippen molar-refractivity contribution in [3.63, 3.8) is 0 Å². The van der Waals surface area contributed by atoms with E-state index in [0.717, 1.165) is 0 Å². The van der Waals surface area contributed by atoms with Crippen LogP contribution < -0.4 is 9.80 Å². The molecule has 3 aromatic carbocycles. The zero-order valence-corrected chi connectivity index (χ0v) is 20.6. The number of ether oxygens (including phenoxy) is 2. The van der Waals surface area contributed by atoms with Crippen LogP contribution in [0.25, 0.3) is 0 Å². The molecule has 186 valence electrons. The van der Waals surface area contributed by atoms with E-state index in [-0.39, 0.29) is 22.9 Å². The van der Waals surface area contributed by atoms with Crippen LogP contribution in [0.5, 0.6) is 0 Å². The first kappa shape index (κ1) is 26.2. The summed E-state index contributed by atoms with van der Waals surface area (Å²) in [5, 5.41) is 0. The lowest BCUT2D eigenvalue weighted by molar-refractivity contribution is -0.126. The normalized spacial score (nSPS) is 12.1. The lowest BCUT2D eigenvalue weighted by atomic mass is 10.1. The number of hydrogen-bond donors (Lipinski definition) is 0. The molecule has 0 bridgehead atoms. The summed E-state index contributed by atoms with van der Waals surface area (Å²) in [5.41, 5.74) is 1.69. The largest absolute Gasteiger partial charge is 0.449 e. The maximum absolute atomic E-state index is 12.6. The highest BCUT2D eigenvalue weighted by Gasteiger charge is 2.25. The first-order chi connectivity index (χ1) is 17.2. The van der Waals surface area contributed by atoms with E-state index >= 15 is 0 Å². The summed E-state index contributed by atoms with van der Waals surface area (Å²) < 4.78 is 10.6. The van der Waals surface area contributed by atoms with E-state index in [9.17, 15) is 19.2 Å². The van der Waals surface area contributed by atoms with Crippen LogP contribution in [-0.2, 0) is 19.1 Å². The number of esters is 2. The summed E-state index contributed by atoms with van der Waals surface area (Å²) in [6.45, 7) is 2.99. The summed E-state index contributed by atoms with van der Waals surface area (Å²) in [6.07, 6.45) is -2.03. The summed E-state index contributed by atoms with van der Waals surface area (Å²) >= 11 is 0. The molecule has 0 fully saturated rings. The van der Waals surface area contributed by atoms with E-state index in [4.69, 9.17) is 9.47 Å². The van der Waals surface area contributed by atoms with E-state index in [1.807, 2.05) is 12.1 Å². The Kier molecular flexibility index (Phi) is 8.57. The Labute approximate surface area is 210 Å². The molecular formula is C28H28N2O6. The molecule has 0 aliphatic carbocycles. The van der Waals surface area contributed by atoms with Crippen molar-refractivity contribution in [2.75, 3.05) is 23.9 Å². The van der Waals surface area contributed by atoms with E-state index in [1.54, 1.807) is 62.6 Å². The number of benzene rings is 3. The molecule has 8 heteroatoms. The van der Waals surface area contributed by atoms with Crippen LogP contribution in [0.15, 0.2) is 84.9 Å². The van der Waals surface area contributed by atoms with Gasteiger partial charge < -0.3 is 19.3 Å². The predicted octanol–water partition coefficient (Wildman–Crippen LogP) is 4.10. The third-order valence-electron chi connectivity index (χ3n) is 5.57. The minimum atomic E-state index is -1.01.